The van der Waals surface area contributed by atoms with Crippen LogP contribution >= 0.6 is 0 Å². The average molecular weight is 276 g/mol. The predicted molar refractivity (Wildman–Crippen MR) is 83.9 cm³/mol. The first kappa shape index (κ1) is 15.5. The second kappa shape index (κ2) is 6.70. The zero-order valence-corrected chi connectivity index (χ0v) is 13.0. The molecule has 2 unspecified atom stereocenters. The number of likely N-dealkylation sites (tertiary alicyclic amines) is 1. The van der Waals surface area contributed by atoms with Crippen LogP contribution in [0.4, 0.5) is 0 Å². The van der Waals surface area contributed by atoms with Crippen LogP contribution < -0.4 is 5.32 Å². The third-order valence-electron chi connectivity index (χ3n) is 4.28. The maximum absolute atomic E-state index is 10.0. The predicted octanol–water partition coefficient (Wildman–Crippen LogP) is 2.49. The Hall–Kier alpha value is -0.900. The smallest absolute Gasteiger partial charge is 0.0758 e. The molecule has 2 atom stereocenters. The second-order valence-corrected chi connectivity index (χ2v) is 6.28. The number of hydrogen-bond acceptors (Lipinski definition) is 3. The highest BCUT2D eigenvalue weighted by atomic mass is 16.3. The summed E-state index contributed by atoms with van der Waals surface area (Å²) in [6.45, 7) is 10.1. The number of benzene rings is 1. The van der Waals surface area contributed by atoms with Crippen LogP contribution in [0.1, 0.15) is 43.9 Å². The van der Waals surface area contributed by atoms with Crippen molar-refractivity contribution in [3.05, 3.63) is 35.4 Å². The van der Waals surface area contributed by atoms with Gasteiger partial charge in [-0.05, 0) is 44.4 Å². The van der Waals surface area contributed by atoms with Crippen molar-refractivity contribution in [3.63, 3.8) is 0 Å². The van der Waals surface area contributed by atoms with Gasteiger partial charge in [-0.25, -0.2) is 0 Å². The highest BCUT2D eigenvalue weighted by molar-refractivity contribution is 5.28. The fourth-order valence-electron chi connectivity index (χ4n) is 3.13. The third-order valence-corrected chi connectivity index (χ3v) is 4.28. The van der Waals surface area contributed by atoms with Gasteiger partial charge in [-0.2, -0.15) is 0 Å². The summed E-state index contributed by atoms with van der Waals surface area (Å²) in [5, 5.41) is 13.6. The number of nitrogens with one attached hydrogen (secondary N) is 1. The molecule has 0 spiro atoms. The summed E-state index contributed by atoms with van der Waals surface area (Å²) in [4.78, 5) is 2.38. The summed E-state index contributed by atoms with van der Waals surface area (Å²) < 4.78 is 0. The number of hydrogen-bond donors (Lipinski definition) is 2. The first-order valence-corrected chi connectivity index (χ1v) is 7.75. The summed E-state index contributed by atoms with van der Waals surface area (Å²) in [6, 6.07) is 9.03. The Labute approximate surface area is 123 Å². The van der Waals surface area contributed by atoms with Gasteiger partial charge in [0.25, 0.3) is 0 Å². The molecule has 0 radical (unpaired) electrons. The summed E-state index contributed by atoms with van der Waals surface area (Å²) in [6.07, 6.45) is 1.98. The van der Waals surface area contributed by atoms with E-state index in [9.17, 15) is 5.11 Å². The molecule has 1 heterocycles. The van der Waals surface area contributed by atoms with Crippen LogP contribution in [0.2, 0.25) is 0 Å². The van der Waals surface area contributed by atoms with Crippen molar-refractivity contribution in [2.45, 2.75) is 45.3 Å². The van der Waals surface area contributed by atoms with Gasteiger partial charge in [-0.1, -0.05) is 31.2 Å². The van der Waals surface area contributed by atoms with Crippen molar-refractivity contribution in [2.75, 3.05) is 26.2 Å². The second-order valence-electron chi connectivity index (χ2n) is 6.28. The van der Waals surface area contributed by atoms with Crippen LogP contribution in [0.3, 0.4) is 0 Å². The molecule has 20 heavy (non-hydrogen) atoms. The Morgan fingerprint density at radius 1 is 1.40 bits per heavy atom. The Bertz CT molecular complexity index is 431. The minimum atomic E-state index is -0.490. The minimum Gasteiger partial charge on any atom is -0.389 e. The molecule has 2 rings (SSSR count). The Morgan fingerprint density at radius 3 is 2.75 bits per heavy atom. The van der Waals surface area contributed by atoms with Crippen LogP contribution in [0.25, 0.3) is 0 Å². The van der Waals surface area contributed by atoms with Gasteiger partial charge in [-0.3, -0.25) is 0 Å². The van der Waals surface area contributed by atoms with E-state index in [4.69, 9.17) is 0 Å². The zero-order valence-electron chi connectivity index (χ0n) is 13.0. The van der Waals surface area contributed by atoms with Crippen molar-refractivity contribution in [1.82, 2.24) is 10.2 Å². The summed E-state index contributed by atoms with van der Waals surface area (Å²) >= 11 is 0. The topological polar surface area (TPSA) is 35.5 Å². The Morgan fingerprint density at radius 2 is 2.15 bits per heavy atom. The van der Waals surface area contributed by atoms with E-state index in [1.165, 1.54) is 11.1 Å². The minimum absolute atomic E-state index is 0.409. The Balaban J connectivity index is 1.95. The average Bonchev–Trinajstić information content (AvgIpc) is 2.75. The van der Waals surface area contributed by atoms with Gasteiger partial charge in [0.2, 0.25) is 0 Å². The SMILES string of the molecule is CCNC(CCN1CCC(C)(O)C1)c1ccccc1C. The first-order chi connectivity index (χ1) is 9.52. The monoisotopic (exact) mass is 276 g/mol. The fraction of sp³-hybridized carbons (Fsp3) is 0.647. The van der Waals surface area contributed by atoms with E-state index in [1.54, 1.807) is 0 Å². The van der Waals surface area contributed by atoms with E-state index >= 15 is 0 Å². The number of aliphatic hydroxyl groups is 1. The van der Waals surface area contributed by atoms with E-state index in [2.05, 4.69) is 48.3 Å². The molecular weight excluding hydrogens is 248 g/mol. The van der Waals surface area contributed by atoms with Crippen LogP contribution in [0.5, 0.6) is 0 Å². The highest BCUT2D eigenvalue weighted by Gasteiger charge is 2.31. The zero-order chi connectivity index (χ0) is 14.6. The number of rotatable bonds is 6. The lowest BCUT2D eigenvalue weighted by molar-refractivity contribution is 0.0683. The number of nitrogens with zero attached hydrogens (tertiary/aromatic N) is 1. The van der Waals surface area contributed by atoms with Crippen LogP contribution in [0.15, 0.2) is 24.3 Å². The third kappa shape index (κ3) is 4.05. The van der Waals surface area contributed by atoms with E-state index in [0.29, 0.717) is 6.04 Å². The van der Waals surface area contributed by atoms with Gasteiger partial charge in [0, 0.05) is 25.7 Å². The van der Waals surface area contributed by atoms with E-state index in [0.717, 1.165) is 39.0 Å². The molecule has 1 saturated heterocycles. The van der Waals surface area contributed by atoms with Crippen molar-refractivity contribution in [1.29, 1.82) is 0 Å². The molecule has 0 bridgehead atoms. The molecule has 0 aromatic heterocycles. The molecule has 1 aromatic carbocycles. The van der Waals surface area contributed by atoms with Crippen LogP contribution in [-0.2, 0) is 0 Å². The molecule has 3 nitrogen and oxygen atoms in total. The fourth-order valence-corrected chi connectivity index (χ4v) is 3.13. The summed E-state index contributed by atoms with van der Waals surface area (Å²) in [5.74, 6) is 0. The van der Waals surface area contributed by atoms with Crippen molar-refractivity contribution < 1.29 is 5.11 Å². The van der Waals surface area contributed by atoms with Gasteiger partial charge in [0.15, 0.2) is 0 Å². The van der Waals surface area contributed by atoms with Crippen LogP contribution in [-0.4, -0.2) is 41.8 Å². The normalized spacial score (nSPS) is 25.0. The molecule has 0 saturated carbocycles. The molecule has 0 amide bonds. The maximum atomic E-state index is 10.0. The van der Waals surface area contributed by atoms with Crippen molar-refractivity contribution in [3.8, 4) is 0 Å². The molecule has 1 aliphatic heterocycles. The van der Waals surface area contributed by atoms with Gasteiger partial charge in [0.05, 0.1) is 5.60 Å². The standard InChI is InChI=1S/C17H28N2O/c1-4-18-16(15-8-6-5-7-14(15)2)9-11-19-12-10-17(3,20)13-19/h5-8,16,18,20H,4,9-13H2,1-3H3. The van der Waals surface area contributed by atoms with Gasteiger partial charge < -0.3 is 15.3 Å². The lowest BCUT2D eigenvalue weighted by Gasteiger charge is -2.24. The lowest BCUT2D eigenvalue weighted by atomic mass is 9.98. The summed E-state index contributed by atoms with van der Waals surface area (Å²) in [5.41, 5.74) is 2.27. The van der Waals surface area contributed by atoms with Crippen LogP contribution in [0, 0.1) is 6.92 Å². The number of β-amino-alcohol motifs (C(OH)–C–C–N with tert-alkyl or cyclic N) is 1. The summed E-state index contributed by atoms with van der Waals surface area (Å²) in [7, 11) is 0. The van der Waals surface area contributed by atoms with E-state index < -0.39 is 5.60 Å². The largest absolute Gasteiger partial charge is 0.389 e. The molecule has 2 N–H and O–H groups in total. The molecular formula is C17H28N2O. The molecule has 1 aromatic rings. The van der Waals surface area contributed by atoms with Crippen molar-refractivity contribution in [2.24, 2.45) is 0 Å². The molecule has 112 valence electrons. The van der Waals surface area contributed by atoms with Gasteiger partial charge >= 0.3 is 0 Å². The Kier molecular flexibility index (Phi) is 5.19. The first-order valence-electron chi connectivity index (χ1n) is 7.75. The highest BCUT2D eigenvalue weighted by Crippen LogP contribution is 2.24. The molecule has 1 fully saturated rings. The van der Waals surface area contributed by atoms with E-state index in [1.807, 2.05) is 6.92 Å². The van der Waals surface area contributed by atoms with E-state index in [-0.39, 0.29) is 0 Å². The quantitative estimate of drug-likeness (QED) is 0.838. The van der Waals surface area contributed by atoms with Crippen molar-refractivity contribution >= 4 is 0 Å². The molecule has 1 aliphatic rings. The maximum Gasteiger partial charge on any atom is 0.0758 e. The lowest BCUT2D eigenvalue weighted by Crippen LogP contribution is -2.32. The molecule has 3 heteroatoms. The van der Waals surface area contributed by atoms with Gasteiger partial charge in [-0.15, -0.1) is 0 Å². The number of aryl methyl sites for hydroxylation is 1. The molecule has 0 aliphatic carbocycles. The van der Waals surface area contributed by atoms with Gasteiger partial charge in [0.1, 0.15) is 0 Å².